The molecule has 0 saturated carbocycles. The van der Waals surface area contributed by atoms with Crippen molar-refractivity contribution in [3.05, 3.63) is 0 Å². The van der Waals surface area contributed by atoms with Crippen LogP contribution in [0.15, 0.2) is 0 Å². The van der Waals surface area contributed by atoms with Crippen LogP contribution < -0.4 is 5.32 Å². The fourth-order valence-corrected chi connectivity index (χ4v) is 7.69. The third kappa shape index (κ3) is 42.7. The first kappa shape index (κ1) is 52.0. The molecule has 52 heavy (non-hydrogen) atoms. The van der Waals surface area contributed by atoms with Gasteiger partial charge < -0.3 is 19.4 Å². The van der Waals surface area contributed by atoms with Crippen molar-refractivity contribution in [2.45, 2.75) is 225 Å². The van der Waals surface area contributed by atoms with Gasteiger partial charge in [0.1, 0.15) is 19.3 Å². The third-order valence-electron chi connectivity index (χ3n) is 10.3. The molecule has 0 heterocycles. The van der Waals surface area contributed by atoms with E-state index in [4.69, 9.17) is 13.8 Å². The van der Waals surface area contributed by atoms with E-state index in [1.54, 1.807) is 0 Å². The van der Waals surface area contributed by atoms with Crippen LogP contribution in [-0.4, -0.2) is 76.1 Å². The molecule has 0 spiro atoms. The van der Waals surface area contributed by atoms with Crippen molar-refractivity contribution in [1.29, 1.82) is 0 Å². The Morgan fingerprint density at radius 1 is 0.519 bits per heavy atom. The number of phosphoric ester groups is 1. The van der Waals surface area contributed by atoms with Gasteiger partial charge in [-0.15, -0.1) is 0 Å². The van der Waals surface area contributed by atoms with E-state index in [-0.39, 0.29) is 6.61 Å². The molecule has 2 unspecified atom stereocenters. The van der Waals surface area contributed by atoms with Gasteiger partial charge in [-0.1, -0.05) is 206 Å². The zero-order chi connectivity index (χ0) is 38.3. The summed E-state index contributed by atoms with van der Waals surface area (Å²) in [4.78, 5) is 10.4. The van der Waals surface area contributed by atoms with E-state index in [0.717, 1.165) is 19.4 Å². The number of quaternary nitrogens is 1. The Balaban J connectivity index is 4.00. The van der Waals surface area contributed by atoms with Gasteiger partial charge in [0.25, 0.3) is 0 Å². The Morgan fingerprint density at radius 3 is 1.23 bits per heavy atom. The highest BCUT2D eigenvalue weighted by atomic mass is 31.2. The van der Waals surface area contributed by atoms with Crippen LogP contribution in [0.5, 0.6) is 0 Å². The van der Waals surface area contributed by atoms with Crippen molar-refractivity contribution in [3.8, 4) is 0 Å². The first-order valence-corrected chi connectivity index (χ1v) is 24.4. The van der Waals surface area contributed by atoms with Crippen LogP contribution in [0.2, 0.25) is 0 Å². The van der Waals surface area contributed by atoms with Gasteiger partial charge in [0.15, 0.2) is 0 Å². The van der Waals surface area contributed by atoms with Crippen LogP contribution in [0, 0.1) is 0 Å². The molecule has 0 bridgehead atoms. The normalized spacial score (nSPS) is 13.9. The second kappa shape index (κ2) is 39.2. The maximum atomic E-state index is 12.7. The quantitative estimate of drug-likeness (QED) is 0.0366. The number of nitrogens with one attached hydrogen (secondary N) is 1. The molecule has 0 fully saturated rings. The molecule has 0 aromatic carbocycles. The minimum absolute atomic E-state index is 0.177. The van der Waals surface area contributed by atoms with E-state index in [1.165, 1.54) is 193 Å². The molecular weight excluding hydrogens is 667 g/mol. The Labute approximate surface area is 326 Å². The summed E-state index contributed by atoms with van der Waals surface area (Å²) in [6, 6.07) is 0. The van der Waals surface area contributed by atoms with Crippen LogP contribution in [-0.2, 0) is 18.3 Å². The lowest BCUT2D eigenvalue weighted by Crippen LogP contribution is -2.37. The fraction of sp³-hybridized carbons (Fsp3) is 1.00. The summed E-state index contributed by atoms with van der Waals surface area (Å²) in [6.45, 7) is 7.71. The maximum absolute atomic E-state index is 12.7. The molecule has 8 heteroatoms. The van der Waals surface area contributed by atoms with Gasteiger partial charge in [0.2, 0.25) is 0 Å². The number of hydrogen-bond donors (Lipinski definition) is 2. The Hall–Kier alpha value is -0.0100. The lowest BCUT2D eigenvalue weighted by Gasteiger charge is -2.25. The van der Waals surface area contributed by atoms with Crippen LogP contribution in [0.4, 0.5) is 0 Å². The van der Waals surface area contributed by atoms with Crippen molar-refractivity contribution in [2.24, 2.45) is 0 Å². The smallest absolute Gasteiger partial charge is 0.379 e. The van der Waals surface area contributed by atoms with Crippen LogP contribution in [0.25, 0.3) is 0 Å². The van der Waals surface area contributed by atoms with Gasteiger partial charge in [-0.2, -0.15) is 0 Å². The molecule has 0 aromatic heterocycles. The van der Waals surface area contributed by atoms with Crippen LogP contribution >= 0.6 is 7.82 Å². The predicted molar refractivity (Wildman–Crippen MR) is 226 cm³/mol. The standard InChI is InChI=1S/C44H93N2O5P/c1-6-8-10-12-14-16-18-20-22-24-26-28-30-32-34-36-38-45-42-44(51-52(47,48)50-41-39-46(3,4)5)43-49-40-37-35-33-31-29-27-25-23-21-19-17-15-13-11-9-7-2/h44-45H,6-43H2,1-5H3/p+1. The summed E-state index contributed by atoms with van der Waals surface area (Å²) in [5.74, 6) is 0. The SMILES string of the molecule is CCCCCCCCCCCCCCCCCCNCC(COCCCCCCCCCCCCCCCCCC)OP(=O)(O)OCC[N+](C)(C)C. The molecule has 2 N–H and O–H groups in total. The summed E-state index contributed by atoms with van der Waals surface area (Å²) in [5.41, 5.74) is 0. The first-order valence-electron chi connectivity index (χ1n) is 22.9. The number of ether oxygens (including phenoxy) is 1. The summed E-state index contributed by atoms with van der Waals surface area (Å²) in [6.07, 6.45) is 42.9. The Morgan fingerprint density at radius 2 is 0.865 bits per heavy atom. The molecule has 7 nitrogen and oxygen atoms in total. The minimum atomic E-state index is -4.15. The first-order chi connectivity index (χ1) is 25.2. The van der Waals surface area contributed by atoms with E-state index in [2.05, 4.69) is 19.2 Å². The highest BCUT2D eigenvalue weighted by Gasteiger charge is 2.27. The van der Waals surface area contributed by atoms with E-state index >= 15 is 0 Å². The predicted octanol–water partition coefficient (Wildman–Crippen LogP) is 13.3. The summed E-state index contributed by atoms with van der Waals surface area (Å²) in [7, 11) is 1.94. The molecule has 0 saturated heterocycles. The van der Waals surface area contributed by atoms with Gasteiger partial charge in [-0.05, 0) is 19.4 Å². The molecule has 0 aliphatic rings. The lowest BCUT2D eigenvalue weighted by atomic mass is 10.0. The van der Waals surface area contributed by atoms with Crippen molar-refractivity contribution in [1.82, 2.24) is 5.32 Å². The van der Waals surface area contributed by atoms with Gasteiger partial charge in [-0.25, -0.2) is 4.57 Å². The van der Waals surface area contributed by atoms with E-state index < -0.39 is 13.9 Å². The van der Waals surface area contributed by atoms with E-state index in [9.17, 15) is 9.46 Å². The van der Waals surface area contributed by atoms with E-state index in [0.29, 0.717) is 30.8 Å². The highest BCUT2D eigenvalue weighted by molar-refractivity contribution is 7.47. The van der Waals surface area contributed by atoms with Gasteiger partial charge >= 0.3 is 7.82 Å². The number of nitrogens with zero attached hydrogens (tertiary/aromatic N) is 1. The van der Waals surface area contributed by atoms with Crippen LogP contribution in [0.1, 0.15) is 219 Å². The molecule has 0 rings (SSSR count). The molecule has 2 atom stereocenters. The van der Waals surface area contributed by atoms with Crippen molar-refractivity contribution in [2.75, 3.05) is 60.6 Å². The second-order valence-corrected chi connectivity index (χ2v) is 18.3. The van der Waals surface area contributed by atoms with Crippen molar-refractivity contribution >= 4 is 7.82 Å². The number of phosphoric acid groups is 1. The topological polar surface area (TPSA) is 77.0 Å². The number of likely N-dealkylation sites (N-methyl/N-ethyl adjacent to an activating group) is 1. The minimum Gasteiger partial charge on any atom is -0.379 e. The average Bonchev–Trinajstić information content (AvgIpc) is 3.09. The fourth-order valence-electron chi connectivity index (χ4n) is 6.80. The molecule has 0 radical (unpaired) electrons. The highest BCUT2D eigenvalue weighted by Crippen LogP contribution is 2.44. The summed E-state index contributed by atoms with van der Waals surface area (Å²) in [5, 5.41) is 3.45. The number of hydrogen-bond acceptors (Lipinski definition) is 5. The Kier molecular flexibility index (Phi) is 39.2. The van der Waals surface area contributed by atoms with E-state index in [1.807, 2.05) is 21.1 Å². The largest absolute Gasteiger partial charge is 0.472 e. The summed E-state index contributed by atoms with van der Waals surface area (Å²) >= 11 is 0. The van der Waals surface area contributed by atoms with Crippen molar-refractivity contribution < 1.29 is 27.7 Å². The zero-order valence-corrected chi connectivity index (χ0v) is 36.8. The van der Waals surface area contributed by atoms with Gasteiger partial charge in [-0.3, -0.25) is 9.05 Å². The molecular formula is C44H94N2O5P+. The van der Waals surface area contributed by atoms with Gasteiger partial charge in [0, 0.05) is 13.2 Å². The number of unbranched alkanes of at least 4 members (excludes halogenated alkanes) is 30. The average molecular weight is 762 g/mol. The van der Waals surface area contributed by atoms with Crippen LogP contribution in [0.3, 0.4) is 0 Å². The third-order valence-corrected chi connectivity index (χ3v) is 11.4. The zero-order valence-electron chi connectivity index (χ0n) is 35.9. The molecule has 0 aromatic rings. The van der Waals surface area contributed by atoms with Crippen molar-refractivity contribution in [3.63, 3.8) is 0 Å². The lowest BCUT2D eigenvalue weighted by molar-refractivity contribution is -0.870. The number of rotatable bonds is 44. The second-order valence-electron chi connectivity index (χ2n) is 16.9. The molecule has 314 valence electrons. The molecule has 0 aliphatic carbocycles. The molecule has 0 amide bonds. The Bertz CT molecular complexity index is 711. The van der Waals surface area contributed by atoms with Gasteiger partial charge in [0.05, 0.1) is 27.7 Å². The maximum Gasteiger partial charge on any atom is 0.472 e. The molecule has 0 aliphatic heterocycles. The monoisotopic (exact) mass is 762 g/mol. The summed E-state index contributed by atoms with van der Waals surface area (Å²) < 4.78 is 30.2.